The van der Waals surface area contributed by atoms with E-state index in [9.17, 15) is 20.0 Å². The predicted molar refractivity (Wildman–Crippen MR) is 255 cm³/mol. The van der Waals surface area contributed by atoms with Crippen LogP contribution in [-0.4, -0.2) is 59.3 Å². The molecule has 7 heteroatoms. The number of allylic oxidation sites excluding steroid dienone is 1. The molecule has 0 aromatic heterocycles. The number of nitro groups is 1. The fourth-order valence-corrected chi connectivity index (χ4v) is 8.77. The quantitative estimate of drug-likeness (QED) is 0.0216. The molecule has 0 aliphatic carbocycles. The monoisotopic (exact) mass is 835 g/mol. The molecule has 0 saturated carbocycles. The summed E-state index contributed by atoms with van der Waals surface area (Å²) in [5, 5.41) is 23.3. The first-order valence-corrected chi connectivity index (χ1v) is 26.1. The number of aliphatic hydroxyl groups excluding tert-OH is 1. The number of hydrogen-bond donors (Lipinski definition) is 1. The lowest BCUT2D eigenvalue weighted by molar-refractivity contribution is -0.524. The van der Waals surface area contributed by atoms with E-state index < -0.39 is 12.1 Å². The Morgan fingerprint density at radius 2 is 0.949 bits per heavy atom. The van der Waals surface area contributed by atoms with E-state index >= 15 is 0 Å². The third kappa shape index (κ3) is 35.8. The van der Waals surface area contributed by atoms with Gasteiger partial charge in [0.2, 0.25) is 6.04 Å². The van der Waals surface area contributed by atoms with E-state index in [1.807, 2.05) is 0 Å². The Balaban J connectivity index is 4.79. The van der Waals surface area contributed by atoms with Crippen LogP contribution in [0.4, 0.5) is 0 Å². The molecule has 0 spiro atoms. The summed E-state index contributed by atoms with van der Waals surface area (Å²) in [6.07, 6.45) is 40.5. The van der Waals surface area contributed by atoms with Crippen LogP contribution in [0.15, 0.2) is 12.2 Å². The molecular weight excluding hydrogens is 733 g/mol. The van der Waals surface area contributed by atoms with Crippen LogP contribution in [0.2, 0.25) is 0 Å². The molecule has 0 bridgehead atoms. The minimum atomic E-state index is -0.603. The number of esters is 1. The molecule has 7 nitrogen and oxygen atoms in total. The van der Waals surface area contributed by atoms with E-state index in [0.717, 1.165) is 96.4 Å². The van der Waals surface area contributed by atoms with Gasteiger partial charge in [-0.2, -0.15) is 0 Å². The van der Waals surface area contributed by atoms with Crippen molar-refractivity contribution in [2.75, 3.05) is 26.2 Å². The van der Waals surface area contributed by atoms with Gasteiger partial charge in [-0.1, -0.05) is 201 Å². The van der Waals surface area contributed by atoms with Crippen molar-refractivity contribution in [3.8, 4) is 0 Å². The molecule has 0 radical (unpaired) electrons. The molecule has 0 aromatic rings. The van der Waals surface area contributed by atoms with Crippen molar-refractivity contribution in [1.82, 2.24) is 4.90 Å². The van der Waals surface area contributed by atoms with Gasteiger partial charge in [-0.25, -0.2) is 0 Å². The molecule has 0 amide bonds. The second kappa shape index (κ2) is 43.2. The zero-order valence-electron chi connectivity index (χ0n) is 40.3. The first kappa shape index (κ1) is 57.5. The summed E-state index contributed by atoms with van der Waals surface area (Å²) in [6.45, 7) is 17.8. The standard InChI is InChI=1S/C52H102N2O5/c1-7-12-17-21-23-30-38-48(37-28-19-14-9-3)47(6)36-27-25-26-32-41-50(54(57)58)45-53(43-34-16-11-5)46-51(55)42-33-35-44-59-52(56)49(39-29-20-15-10-4)40-31-24-22-18-13-8-2/h48-51,55H,6-46H2,1-5H3/t48?,49?,50-,51+/m1/s1. The van der Waals surface area contributed by atoms with E-state index in [1.54, 1.807) is 0 Å². The van der Waals surface area contributed by atoms with E-state index in [2.05, 4.69) is 46.1 Å². The summed E-state index contributed by atoms with van der Waals surface area (Å²) in [4.78, 5) is 27.4. The Hall–Kier alpha value is -1.47. The lowest BCUT2D eigenvalue weighted by Gasteiger charge is -2.26. The Morgan fingerprint density at radius 3 is 1.46 bits per heavy atom. The molecule has 350 valence electrons. The average Bonchev–Trinajstić information content (AvgIpc) is 3.22. The Bertz CT molecular complexity index is 944. The Kier molecular flexibility index (Phi) is 42.1. The molecular formula is C52H102N2O5. The van der Waals surface area contributed by atoms with Crippen LogP contribution >= 0.6 is 0 Å². The van der Waals surface area contributed by atoms with Gasteiger partial charge in [0.15, 0.2) is 0 Å². The minimum Gasteiger partial charge on any atom is -0.465 e. The maximum Gasteiger partial charge on any atom is 0.308 e. The van der Waals surface area contributed by atoms with E-state index in [1.165, 1.54) is 134 Å². The molecule has 0 aliphatic heterocycles. The van der Waals surface area contributed by atoms with Crippen molar-refractivity contribution in [3.05, 3.63) is 22.3 Å². The molecule has 0 aromatic carbocycles. The summed E-state index contributed by atoms with van der Waals surface area (Å²) in [7, 11) is 0. The first-order chi connectivity index (χ1) is 28.7. The van der Waals surface area contributed by atoms with E-state index in [4.69, 9.17) is 4.74 Å². The van der Waals surface area contributed by atoms with Gasteiger partial charge >= 0.3 is 5.97 Å². The van der Waals surface area contributed by atoms with E-state index in [-0.39, 0.29) is 16.8 Å². The fraction of sp³-hybridized carbons (Fsp3) is 0.942. The van der Waals surface area contributed by atoms with Crippen LogP contribution < -0.4 is 0 Å². The normalized spacial score (nSPS) is 13.7. The molecule has 59 heavy (non-hydrogen) atoms. The van der Waals surface area contributed by atoms with Gasteiger partial charge in [0.1, 0.15) is 0 Å². The minimum absolute atomic E-state index is 0.0112. The zero-order valence-corrected chi connectivity index (χ0v) is 40.3. The van der Waals surface area contributed by atoms with Gasteiger partial charge in [-0.05, 0) is 83.1 Å². The van der Waals surface area contributed by atoms with Gasteiger partial charge in [-0.3, -0.25) is 19.8 Å². The smallest absolute Gasteiger partial charge is 0.308 e. The number of aliphatic hydroxyl groups is 1. The molecule has 0 aliphatic rings. The fourth-order valence-electron chi connectivity index (χ4n) is 8.77. The van der Waals surface area contributed by atoms with Crippen molar-refractivity contribution in [2.24, 2.45) is 11.8 Å². The van der Waals surface area contributed by atoms with Crippen LogP contribution in [0, 0.1) is 22.0 Å². The lowest BCUT2D eigenvalue weighted by Crippen LogP contribution is -2.41. The topological polar surface area (TPSA) is 92.9 Å². The second-order valence-electron chi connectivity index (χ2n) is 18.5. The molecule has 0 rings (SSSR count). The highest BCUT2D eigenvalue weighted by Crippen LogP contribution is 2.28. The van der Waals surface area contributed by atoms with Gasteiger partial charge in [0.05, 0.1) is 25.2 Å². The molecule has 1 N–H and O–H groups in total. The van der Waals surface area contributed by atoms with Gasteiger partial charge in [0.25, 0.3) is 0 Å². The molecule has 0 saturated heterocycles. The maximum absolute atomic E-state index is 13.1. The Labute approximate surface area is 367 Å². The van der Waals surface area contributed by atoms with Crippen LogP contribution in [0.5, 0.6) is 0 Å². The SMILES string of the molecule is C=C(CCCCCC[C@H](CN(CCCCC)C[C@@H](O)CCCCOC(=O)C(CCCCCC)CCCCCCCC)[N+](=O)[O-])C(CCCCCC)CCCCCCCC. The first-order valence-electron chi connectivity index (χ1n) is 26.1. The number of carbonyl (C=O) groups excluding carboxylic acids is 1. The van der Waals surface area contributed by atoms with Crippen LogP contribution in [0.3, 0.4) is 0 Å². The van der Waals surface area contributed by atoms with Crippen LogP contribution in [0.1, 0.15) is 266 Å². The largest absolute Gasteiger partial charge is 0.465 e. The molecule has 2 unspecified atom stereocenters. The summed E-state index contributed by atoms with van der Waals surface area (Å²) < 4.78 is 5.79. The highest BCUT2D eigenvalue weighted by atomic mass is 16.6. The summed E-state index contributed by atoms with van der Waals surface area (Å²) in [5.41, 5.74) is 1.45. The number of ether oxygens (including phenoxy) is 1. The number of rotatable bonds is 47. The van der Waals surface area contributed by atoms with Crippen molar-refractivity contribution < 1.29 is 19.6 Å². The summed E-state index contributed by atoms with van der Waals surface area (Å²) in [6, 6.07) is -0.603. The summed E-state index contributed by atoms with van der Waals surface area (Å²) in [5.74, 6) is 0.636. The van der Waals surface area contributed by atoms with Gasteiger partial charge < -0.3 is 9.84 Å². The van der Waals surface area contributed by atoms with Crippen molar-refractivity contribution in [2.45, 2.75) is 278 Å². The molecule has 0 heterocycles. The third-order valence-corrected chi connectivity index (χ3v) is 12.8. The van der Waals surface area contributed by atoms with Crippen LogP contribution in [0.25, 0.3) is 0 Å². The van der Waals surface area contributed by atoms with Crippen LogP contribution in [-0.2, 0) is 9.53 Å². The highest BCUT2D eigenvalue weighted by molar-refractivity contribution is 5.72. The van der Waals surface area contributed by atoms with E-state index in [0.29, 0.717) is 38.5 Å². The Morgan fingerprint density at radius 1 is 0.542 bits per heavy atom. The number of unbranched alkanes of at least 4 members (excludes halogenated alkanes) is 22. The van der Waals surface area contributed by atoms with Gasteiger partial charge in [-0.15, -0.1) is 0 Å². The number of nitrogens with zero attached hydrogens (tertiary/aromatic N) is 2. The van der Waals surface area contributed by atoms with Crippen molar-refractivity contribution >= 4 is 5.97 Å². The highest BCUT2D eigenvalue weighted by Gasteiger charge is 2.25. The maximum atomic E-state index is 13.1. The second-order valence-corrected chi connectivity index (χ2v) is 18.5. The summed E-state index contributed by atoms with van der Waals surface area (Å²) >= 11 is 0. The van der Waals surface area contributed by atoms with Crippen molar-refractivity contribution in [1.29, 1.82) is 0 Å². The zero-order chi connectivity index (χ0) is 43.6. The lowest BCUT2D eigenvalue weighted by atomic mass is 9.86. The number of carbonyl (C=O) groups is 1. The predicted octanol–water partition coefficient (Wildman–Crippen LogP) is 15.8. The average molecular weight is 835 g/mol. The third-order valence-electron chi connectivity index (χ3n) is 12.8. The van der Waals surface area contributed by atoms with Crippen molar-refractivity contribution in [3.63, 3.8) is 0 Å². The molecule has 4 atom stereocenters. The number of hydrogen-bond acceptors (Lipinski definition) is 6. The molecule has 0 fully saturated rings. The van der Waals surface area contributed by atoms with Gasteiger partial charge in [0, 0.05) is 17.9 Å².